The van der Waals surface area contributed by atoms with Crippen LogP contribution in [0.25, 0.3) is 0 Å². The van der Waals surface area contributed by atoms with Gasteiger partial charge in [0, 0.05) is 16.3 Å². The van der Waals surface area contributed by atoms with E-state index in [4.69, 9.17) is 11.6 Å². The summed E-state index contributed by atoms with van der Waals surface area (Å²) in [6, 6.07) is 4.41. The van der Waals surface area contributed by atoms with Gasteiger partial charge in [-0.2, -0.15) is 0 Å². The molecule has 20 heavy (non-hydrogen) atoms. The van der Waals surface area contributed by atoms with Crippen LogP contribution >= 0.6 is 23.4 Å². The lowest BCUT2D eigenvalue weighted by molar-refractivity contribution is -0.142. The Labute approximate surface area is 123 Å². The standard InChI is InChI=1S/C12H11ClN2O4S/c13-7-4-2-1-3-6(7)9(11(17)18)15-10(16)8-5-20-12(19)14-8/h1-4,8-9H,5H2,(H,14,19)(H,15,16)(H,17,18)/t8?,9-/m1/s1. The van der Waals surface area contributed by atoms with Gasteiger partial charge in [-0.3, -0.25) is 9.59 Å². The van der Waals surface area contributed by atoms with E-state index < -0.39 is 24.0 Å². The number of aliphatic carboxylic acids is 1. The van der Waals surface area contributed by atoms with Crippen molar-refractivity contribution in [3.05, 3.63) is 34.9 Å². The maximum atomic E-state index is 11.9. The Balaban J connectivity index is 2.14. The summed E-state index contributed by atoms with van der Waals surface area (Å²) in [5.74, 6) is -1.49. The first-order chi connectivity index (χ1) is 9.49. The van der Waals surface area contributed by atoms with E-state index in [0.717, 1.165) is 11.8 Å². The largest absolute Gasteiger partial charge is 0.479 e. The smallest absolute Gasteiger partial charge is 0.330 e. The number of halogens is 1. The molecule has 2 rings (SSSR count). The third kappa shape index (κ3) is 3.23. The van der Waals surface area contributed by atoms with Crippen LogP contribution in [0.3, 0.4) is 0 Å². The van der Waals surface area contributed by atoms with E-state index in [1.165, 1.54) is 6.07 Å². The van der Waals surface area contributed by atoms with Crippen LogP contribution in [0.2, 0.25) is 5.02 Å². The predicted molar refractivity (Wildman–Crippen MR) is 74.7 cm³/mol. The van der Waals surface area contributed by atoms with Crippen LogP contribution in [0.5, 0.6) is 0 Å². The number of benzene rings is 1. The number of thioether (sulfide) groups is 1. The summed E-state index contributed by atoms with van der Waals surface area (Å²) in [5, 5.41) is 14.0. The molecule has 1 aliphatic heterocycles. The van der Waals surface area contributed by atoms with E-state index in [9.17, 15) is 19.5 Å². The summed E-state index contributed by atoms with van der Waals surface area (Å²) < 4.78 is 0. The summed E-state index contributed by atoms with van der Waals surface area (Å²) in [7, 11) is 0. The van der Waals surface area contributed by atoms with Gasteiger partial charge in [0.1, 0.15) is 6.04 Å². The molecule has 8 heteroatoms. The van der Waals surface area contributed by atoms with Crippen molar-refractivity contribution >= 4 is 40.5 Å². The second kappa shape index (κ2) is 6.15. The van der Waals surface area contributed by atoms with Gasteiger partial charge in [0.05, 0.1) is 0 Å². The number of carboxylic acid groups (broad SMARTS) is 1. The highest BCUT2D eigenvalue weighted by Crippen LogP contribution is 2.23. The fourth-order valence-corrected chi connectivity index (χ4v) is 2.77. The number of hydrogen-bond donors (Lipinski definition) is 3. The number of carbonyl (C=O) groups is 3. The van der Waals surface area contributed by atoms with E-state index in [0.29, 0.717) is 5.56 Å². The molecule has 106 valence electrons. The lowest BCUT2D eigenvalue weighted by atomic mass is 10.1. The molecule has 2 amide bonds. The van der Waals surface area contributed by atoms with Crippen molar-refractivity contribution < 1.29 is 19.5 Å². The van der Waals surface area contributed by atoms with Crippen molar-refractivity contribution in [1.29, 1.82) is 0 Å². The lowest BCUT2D eigenvalue weighted by Gasteiger charge is -2.18. The van der Waals surface area contributed by atoms with Crippen LogP contribution < -0.4 is 10.6 Å². The van der Waals surface area contributed by atoms with Crippen LogP contribution in [-0.2, 0) is 9.59 Å². The molecule has 1 saturated heterocycles. The fourth-order valence-electron chi connectivity index (χ4n) is 1.75. The Hall–Kier alpha value is -1.73. The average Bonchev–Trinajstić information content (AvgIpc) is 2.83. The van der Waals surface area contributed by atoms with Crippen LogP contribution in [-0.4, -0.2) is 34.0 Å². The van der Waals surface area contributed by atoms with Crippen molar-refractivity contribution in [2.75, 3.05) is 5.75 Å². The number of nitrogens with one attached hydrogen (secondary N) is 2. The van der Waals surface area contributed by atoms with Gasteiger partial charge in [-0.15, -0.1) is 0 Å². The second-order valence-electron chi connectivity index (χ2n) is 4.10. The van der Waals surface area contributed by atoms with Crippen molar-refractivity contribution in [1.82, 2.24) is 10.6 Å². The van der Waals surface area contributed by atoms with Crippen molar-refractivity contribution in [2.45, 2.75) is 12.1 Å². The van der Waals surface area contributed by atoms with E-state index in [-0.39, 0.29) is 16.0 Å². The molecule has 0 bridgehead atoms. The summed E-state index contributed by atoms with van der Waals surface area (Å²) in [6.07, 6.45) is 0. The van der Waals surface area contributed by atoms with Crippen LogP contribution in [0.1, 0.15) is 11.6 Å². The highest BCUT2D eigenvalue weighted by atomic mass is 35.5. The average molecular weight is 315 g/mol. The molecule has 0 aliphatic carbocycles. The molecule has 6 nitrogen and oxygen atoms in total. The predicted octanol–water partition coefficient (Wildman–Crippen LogP) is 1.41. The second-order valence-corrected chi connectivity index (χ2v) is 5.50. The SMILES string of the molecule is O=C1NC(C(=O)N[C@@H](C(=O)O)c2ccccc2Cl)CS1. The Bertz CT molecular complexity index is 566. The number of hydrogen-bond acceptors (Lipinski definition) is 4. The molecule has 1 aliphatic rings. The minimum Gasteiger partial charge on any atom is -0.479 e. The molecule has 1 heterocycles. The molecule has 2 atom stereocenters. The molecule has 0 radical (unpaired) electrons. The van der Waals surface area contributed by atoms with E-state index >= 15 is 0 Å². The molecular formula is C12H11ClN2O4S. The van der Waals surface area contributed by atoms with E-state index in [1.807, 2.05) is 0 Å². The number of carbonyl (C=O) groups excluding carboxylic acids is 2. The Kier molecular flexibility index (Phi) is 4.51. The van der Waals surface area contributed by atoms with E-state index in [1.54, 1.807) is 18.2 Å². The van der Waals surface area contributed by atoms with Crippen LogP contribution in [0.15, 0.2) is 24.3 Å². The zero-order valence-corrected chi connectivity index (χ0v) is 11.7. The summed E-state index contributed by atoms with van der Waals surface area (Å²) in [5.41, 5.74) is 0.298. The number of amides is 2. The minimum absolute atomic E-state index is 0.255. The summed E-state index contributed by atoms with van der Waals surface area (Å²) >= 11 is 6.92. The van der Waals surface area contributed by atoms with Gasteiger partial charge < -0.3 is 15.7 Å². The molecule has 0 aromatic heterocycles. The zero-order valence-electron chi connectivity index (χ0n) is 10.1. The van der Waals surface area contributed by atoms with Crippen molar-refractivity contribution in [3.63, 3.8) is 0 Å². The van der Waals surface area contributed by atoms with Crippen molar-refractivity contribution in [2.24, 2.45) is 0 Å². The van der Waals surface area contributed by atoms with Crippen molar-refractivity contribution in [3.8, 4) is 0 Å². The van der Waals surface area contributed by atoms with Gasteiger partial charge in [-0.05, 0) is 6.07 Å². The number of carboxylic acids is 1. The highest BCUT2D eigenvalue weighted by molar-refractivity contribution is 8.14. The maximum Gasteiger partial charge on any atom is 0.330 e. The zero-order chi connectivity index (χ0) is 14.7. The summed E-state index contributed by atoms with van der Waals surface area (Å²) in [6.45, 7) is 0. The Morgan fingerprint density at radius 2 is 2.15 bits per heavy atom. The topological polar surface area (TPSA) is 95.5 Å². The quantitative estimate of drug-likeness (QED) is 0.781. The minimum atomic E-state index is -1.25. The van der Waals surface area contributed by atoms with Gasteiger partial charge in [0.2, 0.25) is 5.91 Å². The third-order valence-corrected chi connectivity index (χ3v) is 3.96. The first-order valence-corrected chi connectivity index (χ1v) is 7.06. The lowest BCUT2D eigenvalue weighted by Crippen LogP contribution is -2.46. The molecule has 0 spiro atoms. The molecule has 1 aromatic rings. The molecule has 1 unspecified atom stereocenters. The monoisotopic (exact) mass is 314 g/mol. The van der Waals surface area contributed by atoms with Gasteiger partial charge in [-0.1, -0.05) is 41.6 Å². The summed E-state index contributed by atoms with van der Waals surface area (Å²) in [4.78, 5) is 34.3. The normalized spacial score (nSPS) is 19.2. The molecule has 1 aromatic carbocycles. The first-order valence-electron chi connectivity index (χ1n) is 5.70. The maximum absolute atomic E-state index is 11.9. The molecule has 1 fully saturated rings. The van der Waals surface area contributed by atoms with Crippen LogP contribution in [0, 0.1) is 0 Å². The third-order valence-electron chi connectivity index (χ3n) is 2.74. The molecule has 3 N–H and O–H groups in total. The Morgan fingerprint density at radius 3 is 2.70 bits per heavy atom. The fraction of sp³-hybridized carbons (Fsp3) is 0.250. The molecule has 0 saturated carbocycles. The molecular weight excluding hydrogens is 304 g/mol. The first kappa shape index (κ1) is 14.7. The van der Waals surface area contributed by atoms with E-state index in [2.05, 4.69) is 10.6 Å². The van der Waals surface area contributed by atoms with Gasteiger partial charge in [0.25, 0.3) is 5.24 Å². The van der Waals surface area contributed by atoms with Gasteiger partial charge >= 0.3 is 5.97 Å². The van der Waals surface area contributed by atoms with Gasteiger partial charge in [-0.25, -0.2) is 4.79 Å². The highest BCUT2D eigenvalue weighted by Gasteiger charge is 2.32. The van der Waals surface area contributed by atoms with Crippen LogP contribution in [0.4, 0.5) is 4.79 Å². The Morgan fingerprint density at radius 1 is 1.45 bits per heavy atom. The number of rotatable bonds is 4. The van der Waals surface area contributed by atoms with Gasteiger partial charge in [0.15, 0.2) is 6.04 Å².